The summed E-state index contributed by atoms with van der Waals surface area (Å²) < 4.78 is 5.69. The van der Waals surface area contributed by atoms with E-state index in [2.05, 4.69) is 36.4 Å². The fraction of sp³-hybridized carbons (Fsp3) is 0.167. The maximum atomic E-state index is 12.9. The molecule has 0 aromatic heterocycles. The molecule has 0 radical (unpaired) electrons. The van der Waals surface area contributed by atoms with E-state index in [9.17, 15) is 5.11 Å². The lowest BCUT2D eigenvalue weighted by atomic mass is 10.2. The Balaban J connectivity index is 2.31. The third kappa shape index (κ3) is 4.40. The third-order valence-corrected chi connectivity index (χ3v) is 8.13. The van der Waals surface area contributed by atoms with Crippen LogP contribution in [0.1, 0.15) is 20.8 Å². The summed E-state index contributed by atoms with van der Waals surface area (Å²) >= 11 is 0. The van der Waals surface area contributed by atoms with Crippen LogP contribution in [0.4, 0.5) is 0 Å². The summed E-state index contributed by atoms with van der Waals surface area (Å²) in [5, 5.41) is 16.3. The zero-order valence-corrected chi connectivity index (χ0v) is 16.9. The van der Waals surface area contributed by atoms with E-state index in [0.29, 0.717) is 0 Å². The molecule has 0 N–H and O–H groups in total. The van der Waals surface area contributed by atoms with E-state index in [0.717, 1.165) is 15.9 Å². The van der Waals surface area contributed by atoms with E-state index in [-0.39, 0.29) is 5.95 Å². The van der Waals surface area contributed by atoms with Crippen molar-refractivity contribution in [3.63, 3.8) is 0 Å². The van der Waals surface area contributed by atoms with Gasteiger partial charge < -0.3 is 9.84 Å². The van der Waals surface area contributed by atoms with E-state index < -0.39 is 12.9 Å². The van der Waals surface area contributed by atoms with Crippen LogP contribution in [0.15, 0.2) is 103 Å². The molecule has 3 aromatic rings. The van der Waals surface area contributed by atoms with Gasteiger partial charge in [0.15, 0.2) is 0 Å². The van der Waals surface area contributed by atoms with Crippen LogP contribution in [0.5, 0.6) is 0 Å². The summed E-state index contributed by atoms with van der Waals surface area (Å²) in [4.78, 5) is 0. The van der Waals surface area contributed by atoms with Gasteiger partial charge in [0.2, 0.25) is 0 Å². The second-order valence-electron chi connectivity index (χ2n) is 7.39. The highest BCUT2D eigenvalue weighted by Gasteiger charge is 2.43. The molecule has 0 fully saturated rings. The first-order valence-electron chi connectivity index (χ1n) is 9.06. The minimum Gasteiger partial charge on any atom is -0.605 e. The number of rotatable bonds is 5. The van der Waals surface area contributed by atoms with E-state index in [4.69, 9.17) is 4.74 Å². The van der Waals surface area contributed by atoms with Crippen LogP contribution in [-0.4, -0.2) is 5.60 Å². The highest BCUT2D eigenvalue weighted by atomic mass is 31.2. The smallest absolute Gasteiger partial charge is 0.138 e. The molecule has 3 heteroatoms. The van der Waals surface area contributed by atoms with Crippen molar-refractivity contribution in [2.45, 2.75) is 26.4 Å². The Bertz CT molecular complexity index is 785. The van der Waals surface area contributed by atoms with Crippen LogP contribution in [0.3, 0.4) is 0 Å². The summed E-state index contributed by atoms with van der Waals surface area (Å²) in [5.74, 6) is 1.53. The summed E-state index contributed by atoms with van der Waals surface area (Å²) in [6.07, 6.45) is 0. The standard InChI is InChI=1S/C24H25O2P/c1-24(2,3)26-23(25)19-27(20-13-7-4-8-14-20,21-15-9-5-10-16-21)22-17-11-6-12-18-22/h4-19H,1-3H3/b23-19+. The lowest BCUT2D eigenvalue weighted by Crippen LogP contribution is -2.32. The van der Waals surface area contributed by atoms with E-state index in [1.165, 1.54) is 0 Å². The highest BCUT2D eigenvalue weighted by Crippen LogP contribution is 2.57. The van der Waals surface area contributed by atoms with Gasteiger partial charge in [0.05, 0.1) is 11.8 Å². The highest BCUT2D eigenvalue weighted by molar-refractivity contribution is 7.98. The van der Waals surface area contributed by atoms with Crippen LogP contribution in [-0.2, 0) is 4.74 Å². The van der Waals surface area contributed by atoms with Gasteiger partial charge in [-0.15, -0.1) is 0 Å². The van der Waals surface area contributed by atoms with E-state index in [1.54, 1.807) is 0 Å². The van der Waals surface area contributed by atoms with Crippen molar-refractivity contribution in [3.8, 4) is 0 Å². The zero-order chi connectivity index (χ0) is 19.3. The SMILES string of the molecule is CC(C)(C)O/C([O-])=C/[P+](c1ccccc1)(c1ccccc1)c1ccccc1. The summed E-state index contributed by atoms with van der Waals surface area (Å²) in [7, 11) is -2.29. The molecule has 0 aliphatic carbocycles. The summed E-state index contributed by atoms with van der Waals surface area (Å²) in [5.41, 5.74) is -0.534. The maximum absolute atomic E-state index is 12.9. The van der Waals surface area contributed by atoms with Crippen molar-refractivity contribution in [3.05, 3.63) is 103 Å². The molecule has 0 amide bonds. The summed E-state index contributed by atoms with van der Waals surface area (Å²) in [6, 6.07) is 30.8. The molecule has 2 nitrogen and oxygen atoms in total. The average Bonchev–Trinajstić information content (AvgIpc) is 2.67. The molecule has 3 aromatic carbocycles. The second kappa shape index (κ2) is 7.98. The Kier molecular flexibility index (Phi) is 5.68. The van der Waals surface area contributed by atoms with Gasteiger partial charge in [-0.3, -0.25) is 0 Å². The average molecular weight is 376 g/mol. The Hall–Kier alpha value is -2.57. The first-order valence-corrected chi connectivity index (χ1v) is 10.9. The third-order valence-electron chi connectivity index (χ3n) is 4.20. The van der Waals surface area contributed by atoms with E-state index >= 15 is 0 Å². The molecule has 0 spiro atoms. The Morgan fingerprint density at radius 3 is 1.33 bits per heavy atom. The van der Waals surface area contributed by atoms with Crippen LogP contribution >= 0.6 is 7.26 Å². The minimum absolute atomic E-state index is 0.285. The van der Waals surface area contributed by atoms with Gasteiger partial charge in [0.1, 0.15) is 23.2 Å². The molecular formula is C24H25O2P. The molecule has 0 unspecified atom stereocenters. The topological polar surface area (TPSA) is 32.3 Å². The van der Waals surface area contributed by atoms with Gasteiger partial charge in [0.25, 0.3) is 0 Å². The van der Waals surface area contributed by atoms with Crippen molar-refractivity contribution in [2.24, 2.45) is 0 Å². The Morgan fingerprint density at radius 2 is 1.04 bits per heavy atom. The predicted molar refractivity (Wildman–Crippen MR) is 114 cm³/mol. The Morgan fingerprint density at radius 1 is 0.704 bits per heavy atom. The maximum Gasteiger partial charge on any atom is 0.138 e. The van der Waals surface area contributed by atoms with Crippen molar-refractivity contribution < 1.29 is 9.84 Å². The normalized spacial score (nSPS) is 12.6. The molecule has 0 aliphatic heterocycles. The molecule has 0 saturated carbocycles. The zero-order valence-electron chi connectivity index (χ0n) is 16.0. The first-order chi connectivity index (χ1) is 12.9. The minimum atomic E-state index is -2.29. The first kappa shape index (κ1) is 19.2. The molecule has 27 heavy (non-hydrogen) atoms. The lowest BCUT2D eigenvalue weighted by molar-refractivity contribution is -0.368. The van der Waals surface area contributed by atoms with Gasteiger partial charge >= 0.3 is 0 Å². The van der Waals surface area contributed by atoms with Crippen molar-refractivity contribution in [1.29, 1.82) is 0 Å². The molecular weight excluding hydrogens is 351 g/mol. The summed E-state index contributed by atoms with van der Waals surface area (Å²) in [6.45, 7) is 5.69. The lowest BCUT2D eigenvalue weighted by Gasteiger charge is -2.32. The quantitative estimate of drug-likeness (QED) is 0.499. The van der Waals surface area contributed by atoms with Crippen LogP contribution in [0.25, 0.3) is 0 Å². The fourth-order valence-electron chi connectivity index (χ4n) is 3.15. The number of ether oxygens (including phenoxy) is 1. The van der Waals surface area contributed by atoms with Crippen LogP contribution in [0, 0.1) is 0 Å². The van der Waals surface area contributed by atoms with Gasteiger partial charge in [-0.2, -0.15) is 0 Å². The fourth-order valence-corrected chi connectivity index (χ4v) is 6.78. The van der Waals surface area contributed by atoms with Crippen LogP contribution < -0.4 is 21.0 Å². The van der Waals surface area contributed by atoms with Gasteiger partial charge in [-0.1, -0.05) is 75.4 Å². The largest absolute Gasteiger partial charge is 0.605 e. The monoisotopic (exact) mass is 376 g/mol. The molecule has 0 bridgehead atoms. The number of hydrogen-bond donors (Lipinski definition) is 0. The molecule has 0 heterocycles. The van der Waals surface area contributed by atoms with Crippen molar-refractivity contribution in [2.75, 3.05) is 0 Å². The molecule has 0 aliphatic rings. The molecule has 3 rings (SSSR count). The molecule has 138 valence electrons. The predicted octanol–water partition coefficient (Wildman–Crippen LogP) is 3.95. The van der Waals surface area contributed by atoms with E-state index in [1.807, 2.05) is 81.2 Å². The molecule has 0 saturated heterocycles. The molecule has 0 atom stereocenters. The Labute approximate surface area is 162 Å². The number of hydrogen-bond acceptors (Lipinski definition) is 2. The van der Waals surface area contributed by atoms with Gasteiger partial charge in [0, 0.05) is 5.60 Å². The number of benzene rings is 3. The van der Waals surface area contributed by atoms with Crippen molar-refractivity contribution in [1.82, 2.24) is 0 Å². The van der Waals surface area contributed by atoms with Crippen LogP contribution in [0.2, 0.25) is 0 Å². The van der Waals surface area contributed by atoms with Gasteiger partial charge in [-0.05, 0) is 36.4 Å². The van der Waals surface area contributed by atoms with Gasteiger partial charge in [-0.25, -0.2) is 0 Å². The second-order valence-corrected chi connectivity index (χ2v) is 10.6. The van der Waals surface area contributed by atoms with Crippen molar-refractivity contribution >= 4 is 23.2 Å².